The van der Waals surface area contributed by atoms with Crippen molar-refractivity contribution >= 4 is 0 Å². The number of hydrogen-bond donors (Lipinski definition) is 0. The van der Waals surface area contributed by atoms with Crippen LogP contribution in [0.5, 0.6) is 0 Å². The molecule has 0 aromatic rings. The summed E-state index contributed by atoms with van der Waals surface area (Å²) in [7, 11) is 0. The van der Waals surface area contributed by atoms with E-state index < -0.39 is 0 Å². The molecule has 0 radical (unpaired) electrons. The lowest BCUT2D eigenvalue weighted by molar-refractivity contribution is 0.111. The molecule has 0 spiro atoms. The maximum Gasteiger partial charge on any atom is 0.0125 e. The van der Waals surface area contributed by atoms with Gasteiger partial charge in [-0.25, -0.2) is 0 Å². The molecule has 1 heteroatoms. The highest BCUT2D eigenvalue weighted by molar-refractivity contribution is 4.78. The Morgan fingerprint density at radius 2 is 1.00 bits per heavy atom. The van der Waals surface area contributed by atoms with E-state index in [1.165, 1.54) is 32.4 Å². The summed E-state index contributed by atoms with van der Waals surface area (Å²) in [5.74, 6) is 0. The number of rotatable bonds is 0. The van der Waals surface area contributed by atoms with Gasteiger partial charge in [0, 0.05) is 5.54 Å². The molecule has 15 heavy (non-hydrogen) atoms. The monoisotopic (exact) mass is 213 g/mol. The van der Waals surface area contributed by atoms with Gasteiger partial charge in [0.05, 0.1) is 0 Å². The lowest BCUT2D eigenvalue weighted by Gasteiger charge is -2.38. The third kappa shape index (κ3) is 10.2. The van der Waals surface area contributed by atoms with Gasteiger partial charge in [0.1, 0.15) is 0 Å². The molecule has 1 heterocycles. The van der Waals surface area contributed by atoms with Crippen molar-refractivity contribution in [1.29, 1.82) is 0 Å². The number of nitrogens with zero attached hydrogens (tertiary/aromatic N) is 1. The summed E-state index contributed by atoms with van der Waals surface area (Å²) in [5, 5.41) is 0. The van der Waals surface area contributed by atoms with Crippen LogP contribution in [0.15, 0.2) is 0 Å². The largest absolute Gasteiger partial charge is 0.298 e. The smallest absolute Gasteiger partial charge is 0.0125 e. The maximum atomic E-state index is 2.58. The lowest BCUT2D eigenvalue weighted by atomic mass is 10.0. The summed E-state index contributed by atoms with van der Waals surface area (Å²) >= 11 is 0. The van der Waals surface area contributed by atoms with E-state index in [2.05, 4.69) is 53.4 Å². The summed E-state index contributed by atoms with van der Waals surface area (Å²) in [6.07, 6.45) is 4.24. The highest BCUT2D eigenvalue weighted by atomic mass is 15.2. The quantitative estimate of drug-likeness (QED) is 0.579. The molecule has 1 saturated heterocycles. The van der Waals surface area contributed by atoms with Crippen molar-refractivity contribution in [3.05, 3.63) is 0 Å². The minimum absolute atomic E-state index is 0.403. The van der Waals surface area contributed by atoms with E-state index in [4.69, 9.17) is 0 Å². The zero-order chi connectivity index (χ0) is 12.1. The highest BCUT2D eigenvalue weighted by Gasteiger charge is 2.21. The van der Waals surface area contributed by atoms with Crippen molar-refractivity contribution in [2.24, 2.45) is 5.41 Å². The predicted molar refractivity (Wildman–Crippen MR) is 70.3 cm³/mol. The zero-order valence-electron chi connectivity index (χ0n) is 12.0. The van der Waals surface area contributed by atoms with Gasteiger partial charge in [-0.05, 0) is 52.1 Å². The summed E-state index contributed by atoms with van der Waals surface area (Å²) in [6, 6.07) is 0. The number of hydrogen-bond acceptors (Lipinski definition) is 1. The molecule has 1 nitrogen and oxygen atoms in total. The van der Waals surface area contributed by atoms with E-state index >= 15 is 0 Å². The fraction of sp³-hybridized carbons (Fsp3) is 1.00. The minimum Gasteiger partial charge on any atom is -0.298 e. The van der Waals surface area contributed by atoms with Crippen LogP contribution in [0.25, 0.3) is 0 Å². The molecule has 0 bridgehead atoms. The molecule has 92 valence electrons. The van der Waals surface area contributed by atoms with Gasteiger partial charge >= 0.3 is 0 Å². The van der Waals surface area contributed by atoms with E-state index in [1.807, 2.05) is 0 Å². The van der Waals surface area contributed by atoms with Crippen LogP contribution in [-0.2, 0) is 0 Å². The summed E-state index contributed by atoms with van der Waals surface area (Å²) in [5.41, 5.74) is 0.903. The highest BCUT2D eigenvalue weighted by Crippen LogP contribution is 2.19. The van der Waals surface area contributed by atoms with Crippen LogP contribution in [0.3, 0.4) is 0 Å². The van der Waals surface area contributed by atoms with Crippen LogP contribution in [0, 0.1) is 5.41 Å². The molecule has 0 atom stereocenters. The minimum atomic E-state index is 0.403. The Bertz CT molecular complexity index is 147. The Morgan fingerprint density at radius 3 is 1.20 bits per heavy atom. The summed E-state index contributed by atoms with van der Waals surface area (Å²) in [4.78, 5) is 2.58. The molecule has 1 aliphatic rings. The first kappa shape index (κ1) is 15.0. The van der Waals surface area contributed by atoms with Crippen LogP contribution in [0.1, 0.15) is 67.7 Å². The summed E-state index contributed by atoms with van der Waals surface area (Å²) < 4.78 is 0. The van der Waals surface area contributed by atoms with Gasteiger partial charge in [0.25, 0.3) is 0 Å². The fourth-order valence-corrected chi connectivity index (χ4v) is 1.56. The van der Waals surface area contributed by atoms with Crippen molar-refractivity contribution in [1.82, 2.24) is 4.90 Å². The standard InChI is InChI=1S/C9H19N.C5H12/c1-9(2,3)10-7-5-4-6-8-10;1-5(2,3)4/h4-8H2,1-3H3;1-4H3. The number of piperidine rings is 1. The topological polar surface area (TPSA) is 3.24 Å². The van der Waals surface area contributed by atoms with Crippen LogP contribution < -0.4 is 0 Å². The van der Waals surface area contributed by atoms with Gasteiger partial charge < -0.3 is 0 Å². The van der Waals surface area contributed by atoms with E-state index in [0.29, 0.717) is 11.0 Å². The van der Waals surface area contributed by atoms with Crippen molar-refractivity contribution in [3.8, 4) is 0 Å². The molecule has 0 saturated carbocycles. The Labute approximate surface area is 97.2 Å². The molecule has 1 aliphatic heterocycles. The first-order valence-electron chi connectivity index (χ1n) is 6.36. The van der Waals surface area contributed by atoms with E-state index in [0.717, 1.165) is 0 Å². The van der Waals surface area contributed by atoms with Crippen LogP contribution in [0.4, 0.5) is 0 Å². The molecular weight excluding hydrogens is 182 g/mol. The number of likely N-dealkylation sites (tertiary alicyclic amines) is 1. The second-order valence-electron chi connectivity index (χ2n) is 7.22. The Balaban J connectivity index is 0.000000336. The SMILES string of the molecule is CC(C)(C)C.CC(C)(C)N1CCCCC1. The van der Waals surface area contributed by atoms with Crippen LogP contribution in [0.2, 0.25) is 0 Å². The molecule has 0 unspecified atom stereocenters. The Morgan fingerprint density at radius 1 is 0.667 bits per heavy atom. The molecule has 0 N–H and O–H groups in total. The molecule has 0 aliphatic carbocycles. The van der Waals surface area contributed by atoms with Gasteiger partial charge in [0.2, 0.25) is 0 Å². The van der Waals surface area contributed by atoms with Gasteiger partial charge in [-0.1, -0.05) is 34.1 Å². The van der Waals surface area contributed by atoms with Gasteiger partial charge in [-0.2, -0.15) is 0 Å². The first-order valence-corrected chi connectivity index (χ1v) is 6.36. The molecule has 1 rings (SSSR count). The molecular formula is C14H31N. The van der Waals surface area contributed by atoms with Crippen molar-refractivity contribution in [2.75, 3.05) is 13.1 Å². The van der Waals surface area contributed by atoms with Gasteiger partial charge in [0.15, 0.2) is 0 Å². The second-order valence-corrected chi connectivity index (χ2v) is 7.22. The van der Waals surface area contributed by atoms with Crippen LogP contribution in [-0.4, -0.2) is 23.5 Å². The fourth-order valence-electron chi connectivity index (χ4n) is 1.56. The maximum absolute atomic E-state index is 2.58. The molecule has 0 amide bonds. The van der Waals surface area contributed by atoms with Crippen LogP contribution >= 0.6 is 0 Å². The third-order valence-corrected chi connectivity index (χ3v) is 2.30. The third-order valence-electron chi connectivity index (χ3n) is 2.30. The average Bonchev–Trinajstić information content (AvgIpc) is 2.01. The average molecular weight is 213 g/mol. The first-order chi connectivity index (χ1) is 6.61. The van der Waals surface area contributed by atoms with E-state index in [9.17, 15) is 0 Å². The Kier molecular flexibility index (Phi) is 5.87. The lowest BCUT2D eigenvalue weighted by Crippen LogP contribution is -2.44. The second kappa shape index (κ2) is 5.89. The summed E-state index contributed by atoms with van der Waals surface area (Å²) in [6.45, 7) is 18.3. The molecule has 1 fully saturated rings. The van der Waals surface area contributed by atoms with E-state index in [1.54, 1.807) is 0 Å². The van der Waals surface area contributed by atoms with Gasteiger partial charge in [-0.3, -0.25) is 4.90 Å². The van der Waals surface area contributed by atoms with Gasteiger partial charge in [-0.15, -0.1) is 0 Å². The van der Waals surface area contributed by atoms with Crippen molar-refractivity contribution in [3.63, 3.8) is 0 Å². The molecule has 0 aromatic heterocycles. The normalized spacial score (nSPS) is 19.4. The van der Waals surface area contributed by atoms with E-state index in [-0.39, 0.29) is 0 Å². The Hall–Kier alpha value is -0.0400. The molecule has 0 aromatic carbocycles. The van der Waals surface area contributed by atoms with Crippen molar-refractivity contribution < 1.29 is 0 Å². The van der Waals surface area contributed by atoms with Crippen molar-refractivity contribution in [2.45, 2.75) is 73.3 Å². The predicted octanol–water partition coefficient (Wildman–Crippen LogP) is 4.32. The zero-order valence-corrected chi connectivity index (χ0v) is 12.0.